The van der Waals surface area contributed by atoms with Gasteiger partial charge >= 0.3 is 0 Å². The lowest BCUT2D eigenvalue weighted by Gasteiger charge is -2.19. The summed E-state index contributed by atoms with van der Waals surface area (Å²) in [4.78, 5) is 11.4. The zero-order valence-electron chi connectivity index (χ0n) is 12.1. The summed E-state index contributed by atoms with van der Waals surface area (Å²) in [7, 11) is -0.752. The van der Waals surface area contributed by atoms with Gasteiger partial charge in [-0.2, -0.15) is 0 Å². The number of rotatable bonds is 6. The number of nitrogens with zero attached hydrogens (tertiary/aromatic N) is 1. The van der Waals surface area contributed by atoms with E-state index in [0.717, 1.165) is 0 Å². The summed E-state index contributed by atoms with van der Waals surface area (Å²) in [6.45, 7) is 4.24. The van der Waals surface area contributed by atoms with Gasteiger partial charge < -0.3 is 10.5 Å². The summed E-state index contributed by atoms with van der Waals surface area (Å²) in [5.41, 5.74) is 5.28. The van der Waals surface area contributed by atoms with Crippen molar-refractivity contribution in [1.29, 1.82) is 0 Å². The number of sulfonamides is 1. The van der Waals surface area contributed by atoms with Gasteiger partial charge in [0.25, 0.3) is 5.91 Å². The molecule has 20 heavy (non-hydrogen) atoms. The molecule has 1 aromatic rings. The van der Waals surface area contributed by atoms with Gasteiger partial charge in [0.1, 0.15) is 5.75 Å². The Morgan fingerprint density at radius 2 is 2.00 bits per heavy atom. The van der Waals surface area contributed by atoms with E-state index in [1.807, 2.05) is 13.8 Å². The van der Waals surface area contributed by atoms with Crippen LogP contribution in [0.15, 0.2) is 23.1 Å². The van der Waals surface area contributed by atoms with Crippen molar-refractivity contribution in [3.63, 3.8) is 0 Å². The quantitative estimate of drug-likeness (QED) is 0.851. The van der Waals surface area contributed by atoms with Crippen molar-refractivity contribution in [2.45, 2.75) is 18.7 Å². The van der Waals surface area contributed by atoms with E-state index in [2.05, 4.69) is 0 Å². The molecule has 0 saturated carbocycles. The van der Waals surface area contributed by atoms with E-state index in [1.54, 1.807) is 0 Å². The fraction of sp³-hybridized carbons (Fsp3) is 0.462. The molecule has 2 N–H and O–H groups in total. The Labute approximate surface area is 119 Å². The summed E-state index contributed by atoms with van der Waals surface area (Å²) in [6.07, 6.45) is 0. The summed E-state index contributed by atoms with van der Waals surface area (Å²) in [5, 5.41) is 0. The topological polar surface area (TPSA) is 89.7 Å². The van der Waals surface area contributed by atoms with Gasteiger partial charge in [0, 0.05) is 13.6 Å². The van der Waals surface area contributed by atoms with Crippen molar-refractivity contribution in [3.05, 3.63) is 23.8 Å². The van der Waals surface area contributed by atoms with Crippen molar-refractivity contribution in [2.75, 3.05) is 20.7 Å². The number of primary amides is 1. The third-order valence-corrected chi connectivity index (χ3v) is 4.59. The predicted octanol–water partition coefficient (Wildman–Crippen LogP) is 1.07. The fourth-order valence-corrected chi connectivity index (χ4v) is 3.19. The van der Waals surface area contributed by atoms with E-state index in [-0.39, 0.29) is 22.1 Å². The number of ether oxygens (including phenoxy) is 1. The van der Waals surface area contributed by atoms with E-state index in [4.69, 9.17) is 10.5 Å². The number of nitrogens with two attached hydrogens (primary N) is 1. The van der Waals surface area contributed by atoms with Gasteiger partial charge in [-0.3, -0.25) is 4.79 Å². The molecule has 112 valence electrons. The van der Waals surface area contributed by atoms with Crippen LogP contribution in [0.5, 0.6) is 5.75 Å². The highest BCUT2D eigenvalue weighted by atomic mass is 32.2. The molecule has 0 spiro atoms. The number of benzene rings is 1. The molecule has 1 rings (SSSR count). The molecule has 0 saturated heterocycles. The first-order valence-electron chi connectivity index (χ1n) is 6.14. The largest absolute Gasteiger partial charge is 0.496 e. The molecule has 0 atom stereocenters. The van der Waals surface area contributed by atoms with Crippen LogP contribution in [0.1, 0.15) is 24.2 Å². The average molecular weight is 300 g/mol. The molecule has 1 amide bonds. The van der Waals surface area contributed by atoms with E-state index in [0.29, 0.717) is 6.54 Å². The van der Waals surface area contributed by atoms with Gasteiger partial charge in [-0.15, -0.1) is 0 Å². The van der Waals surface area contributed by atoms with Crippen molar-refractivity contribution in [2.24, 2.45) is 11.7 Å². The first kappa shape index (κ1) is 16.5. The molecule has 0 aliphatic carbocycles. The maximum atomic E-state index is 12.4. The molecule has 1 aromatic carbocycles. The van der Waals surface area contributed by atoms with Crippen molar-refractivity contribution >= 4 is 15.9 Å². The van der Waals surface area contributed by atoms with Crippen LogP contribution in [0.3, 0.4) is 0 Å². The zero-order chi connectivity index (χ0) is 15.5. The number of hydrogen-bond donors (Lipinski definition) is 1. The predicted molar refractivity (Wildman–Crippen MR) is 76.2 cm³/mol. The Kier molecular flexibility index (Phi) is 5.13. The monoisotopic (exact) mass is 300 g/mol. The minimum Gasteiger partial charge on any atom is -0.496 e. The number of carbonyl (C=O) groups is 1. The van der Waals surface area contributed by atoms with Crippen LogP contribution in [0, 0.1) is 5.92 Å². The molecule has 0 aromatic heterocycles. The standard InChI is InChI=1S/C13H20N2O4S/c1-9(2)8-15(3)20(17,18)10-5-6-12(19-4)11(7-10)13(14)16/h5-7,9H,8H2,1-4H3,(H2,14,16). The molecule has 7 heteroatoms. The normalized spacial score (nSPS) is 11.9. The summed E-state index contributed by atoms with van der Waals surface area (Å²) >= 11 is 0. The first-order valence-corrected chi connectivity index (χ1v) is 7.58. The van der Waals surface area contributed by atoms with E-state index in [1.165, 1.54) is 36.7 Å². The molecular weight excluding hydrogens is 280 g/mol. The maximum Gasteiger partial charge on any atom is 0.252 e. The van der Waals surface area contributed by atoms with Crippen LogP contribution in [0.2, 0.25) is 0 Å². The molecule has 0 bridgehead atoms. The molecule has 0 fully saturated rings. The molecule has 0 aliphatic heterocycles. The highest BCUT2D eigenvalue weighted by Crippen LogP contribution is 2.24. The van der Waals surface area contributed by atoms with E-state index in [9.17, 15) is 13.2 Å². The minimum atomic E-state index is -3.65. The molecule has 0 heterocycles. The Bertz CT molecular complexity index is 596. The number of hydrogen-bond acceptors (Lipinski definition) is 4. The van der Waals surface area contributed by atoms with Crippen LogP contribution in [-0.2, 0) is 10.0 Å². The van der Waals surface area contributed by atoms with Gasteiger partial charge in [-0.05, 0) is 24.1 Å². The summed E-state index contributed by atoms with van der Waals surface area (Å²) in [5.74, 6) is -0.281. The smallest absolute Gasteiger partial charge is 0.252 e. The summed E-state index contributed by atoms with van der Waals surface area (Å²) < 4.78 is 31.0. The van der Waals surface area contributed by atoms with Crippen molar-refractivity contribution in [1.82, 2.24) is 4.31 Å². The Balaban J connectivity index is 3.26. The van der Waals surface area contributed by atoms with Crippen molar-refractivity contribution in [3.8, 4) is 5.75 Å². The molecule has 0 radical (unpaired) electrons. The second kappa shape index (κ2) is 6.23. The number of methoxy groups -OCH3 is 1. The number of carbonyl (C=O) groups excluding carboxylic acids is 1. The first-order chi connectivity index (χ1) is 9.20. The van der Waals surface area contributed by atoms with Gasteiger partial charge in [0.15, 0.2) is 0 Å². The lowest BCUT2D eigenvalue weighted by molar-refractivity contribution is 0.0997. The van der Waals surface area contributed by atoms with Gasteiger partial charge in [-0.25, -0.2) is 12.7 Å². The Hall–Kier alpha value is -1.60. The van der Waals surface area contributed by atoms with Gasteiger partial charge in [0.2, 0.25) is 10.0 Å². The zero-order valence-corrected chi connectivity index (χ0v) is 12.9. The highest BCUT2D eigenvalue weighted by Gasteiger charge is 2.23. The van der Waals surface area contributed by atoms with Crippen LogP contribution < -0.4 is 10.5 Å². The maximum absolute atomic E-state index is 12.4. The number of amides is 1. The van der Waals surface area contributed by atoms with Gasteiger partial charge in [-0.1, -0.05) is 13.8 Å². The van der Waals surface area contributed by atoms with Crippen molar-refractivity contribution < 1.29 is 17.9 Å². The lowest BCUT2D eigenvalue weighted by atomic mass is 10.2. The molecule has 0 unspecified atom stereocenters. The third-order valence-electron chi connectivity index (χ3n) is 2.77. The van der Waals surface area contributed by atoms with E-state index >= 15 is 0 Å². The SMILES string of the molecule is COc1ccc(S(=O)(=O)N(C)CC(C)C)cc1C(N)=O. The molecule has 0 aliphatic rings. The van der Waals surface area contributed by atoms with Crippen LogP contribution in [-0.4, -0.2) is 39.3 Å². The average Bonchev–Trinajstić information content (AvgIpc) is 2.36. The third kappa shape index (κ3) is 3.49. The minimum absolute atomic E-state index is 0.0234. The lowest BCUT2D eigenvalue weighted by Crippen LogP contribution is -2.30. The second-order valence-corrected chi connectivity index (χ2v) is 6.95. The highest BCUT2D eigenvalue weighted by molar-refractivity contribution is 7.89. The fourth-order valence-electron chi connectivity index (χ4n) is 1.83. The Morgan fingerprint density at radius 3 is 2.45 bits per heavy atom. The van der Waals surface area contributed by atoms with Crippen LogP contribution in [0.25, 0.3) is 0 Å². The second-order valence-electron chi connectivity index (χ2n) is 4.91. The van der Waals surface area contributed by atoms with Gasteiger partial charge in [0.05, 0.1) is 17.6 Å². The van der Waals surface area contributed by atoms with E-state index < -0.39 is 15.9 Å². The Morgan fingerprint density at radius 1 is 1.40 bits per heavy atom. The van der Waals surface area contributed by atoms with Crippen LogP contribution in [0.4, 0.5) is 0 Å². The molecule has 6 nitrogen and oxygen atoms in total. The molecular formula is C13H20N2O4S. The summed E-state index contributed by atoms with van der Waals surface area (Å²) in [6, 6.07) is 4.07. The van der Waals surface area contributed by atoms with Crippen LogP contribution >= 0.6 is 0 Å².